The van der Waals surface area contributed by atoms with Gasteiger partial charge in [-0.15, -0.1) is 0 Å². The summed E-state index contributed by atoms with van der Waals surface area (Å²) in [5.74, 6) is 1.43. The van der Waals surface area contributed by atoms with Gasteiger partial charge in [-0.2, -0.15) is 11.3 Å². The first-order valence-corrected chi connectivity index (χ1v) is 6.62. The molecule has 2 heterocycles. The third-order valence-corrected chi connectivity index (χ3v) is 3.75. The molecule has 0 spiro atoms. The van der Waals surface area contributed by atoms with E-state index in [1.54, 1.807) is 36.6 Å². The summed E-state index contributed by atoms with van der Waals surface area (Å²) in [6, 6.07) is 7.31. The quantitative estimate of drug-likeness (QED) is 0.829. The second kappa shape index (κ2) is 4.46. The zero-order valence-electron chi connectivity index (χ0n) is 9.88. The number of methoxy groups -OCH3 is 1. The van der Waals surface area contributed by atoms with Gasteiger partial charge >= 0.3 is 0 Å². The van der Waals surface area contributed by atoms with Crippen LogP contribution in [0.4, 0.5) is 0 Å². The fourth-order valence-corrected chi connectivity index (χ4v) is 2.78. The monoisotopic (exact) mass is 260 g/mol. The van der Waals surface area contributed by atoms with Crippen LogP contribution in [0.25, 0.3) is 0 Å². The number of ketones is 1. The molecule has 1 aliphatic heterocycles. The van der Waals surface area contributed by atoms with Gasteiger partial charge in [0.2, 0.25) is 0 Å². The molecule has 1 aromatic carbocycles. The van der Waals surface area contributed by atoms with Crippen molar-refractivity contribution in [3.8, 4) is 11.5 Å². The molecule has 0 saturated heterocycles. The van der Waals surface area contributed by atoms with E-state index in [0.717, 1.165) is 5.56 Å². The van der Waals surface area contributed by atoms with Gasteiger partial charge in [-0.05, 0) is 29.0 Å². The fourth-order valence-electron chi connectivity index (χ4n) is 2.07. The predicted octanol–water partition coefficient (Wildman–Crippen LogP) is 3.46. The van der Waals surface area contributed by atoms with Crippen molar-refractivity contribution < 1.29 is 14.3 Å². The zero-order chi connectivity index (χ0) is 12.5. The van der Waals surface area contributed by atoms with Crippen molar-refractivity contribution in [3.05, 3.63) is 46.2 Å². The fraction of sp³-hybridized carbons (Fsp3) is 0.214. The highest BCUT2D eigenvalue weighted by Crippen LogP contribution is 2.37. The number of carbonyl (C=O) groups excluding carboxylic acids is 1. The van der Waals surface area contributed by atoms with Crippen LogP contribution in [0.5, 0.6) is 11.5 Å². The van der Waals surface area contributed by atoms with Crippen LogP contribution in [-0.2, 0) is 0 Å². The molecule has 1 unspecified atom stereocenters. The Hall–Kier alpha value is -1.81. The molecule has 18 heavy (non-hydrogen) atoms. The standard InChI is InChI=1S/C14H12O3S/c1-16-10-2-3-11-12(15)7-13(17-14(11)6-10)9-4-5-18-8-9/h2-6,8,13H,7H2,1H3. The molecule has 3 nitrogen and oxygen atoms in total. The van der Waals surface area contributed by atoms with Crippen LogP contribution in [-0.4, -0.2) is 12.9 Å². The van der Waals surface area contributed by atoms with Crippen LogP contribution < -0.4 is 9.47 Å². The van der Waals surface area contributed by atoms with Crippen LogP contribution in [0.1, 0.15) is 28.4 Å². The average molecular weight is 260 g/mol. The average Bonchev–Trinajstić information content (AvgIpc) is 2.91. The minimum absolute atomic E-state index is 0.120. The van der Waals surface area contributed by atoms with Crippen molar-refractivity contribution in [2.75, 3.05) is 7.11 Å². The number of fused-ring (bicyclic) bond motifs is 1. The van der Waals surface area contributed by atoms with Crippen molar-refractivity contribution in [1.29, 1.82) is 0 Å². The van der Waals surface area contributed by atoms with Gasteiger partial charge in [0.15, 0.2) is 5.78 Å². The summed E-state index contributed by atoms with van der Waals surface area (Å²) in [6.07, 6.45) is 0.221. The van der Waals surface area contributed by atoms with E-state index in [0.29, 0.717) is 23.5 Å². The molecule has 0 aliphatic carbocycles. The molecule has 0 fully saturated rings. The van der Waals surface area contributed by atoms with E-state index >= 15 is 0 Å². The topological polar surface area (TPSA) is 35.5 Å². The second-order valence-corrected chi connectivity index (χ2v) is 4.93. The summed E-state index contributed by atoms with van der Waals surface area (Å²) in [5.41, 5.74) is 1.70. The van der Waals surface area contributed by atoms with Crippen molar-refractivity contribution in [2.24, 2.45) is 0 Å². The maximum Gasteiger partial charge on any atom is 0.170 e. The number of carbonyl (C=O) groups is 1. The first kappa shape index (κ1) is 11.3. The lowest BCUT2D eigenvalue weighted by Gasteiger charge is -2.25. The zero-order valence-corrected chi connectivity index (χ0v) is 10.7. The molecule has 3 rings (SSSR count). The Morgan fingerprint density at radius 2 is 2.28 bits per heavy atom. The lowest BCUT2D eigenvalue weighted by atomic mass is 9.98. The van der Waals surface area contributed by atoms with E-state index in [2.05, 4.69) is 0 Å². The van der Waals surface area contributed by atoms with Crippen LogP contribution in [0.2, 0.25) is 0 Å². The van der Waals surface area contributed by atoms with Gasteiger partial charge in [-0.25, -0.2) is 0 Å². The molecule has 92 valence electrons. The lowest BCUT2D eigenvalue weighted by molar-refractivity contribution is 0.0850. The van der Waals surface area contributed by atoms with Gasteiger partial charge < -0.3 is 9.47 Å². The normalized spacial score (nSPS) is 18.1. The number of benzene rings is 1. The Balaban J connectivity index is 1.97. The molecule has 0 bridgehead atoms. The number of thiophene rings is 1. The minimum atomic E-state index is -0.177. The highest BCUT2D eigenvalue weighted by molar-refractivity contribution is 7.07. The van der Waals surface area contributed by atoms with Gasteiger partial charge in [-0.3, -0.25) is 4.79 Å². The maximum absolute atomic E-state index is 12.1. The van der Waals surface area contributed by atoms with Gasteiger partial charge in [0.25, 0.3) is 0 Å². The van der Waals surface area contributed by atoms with E-state index in [9.17, 15) is 4.79 Å². The van der Waals surface area contributed by atoms with E-state index < -0.39 is 0 Å². The van der Waals surface area contributed by atoms with Crippen LogP contribution in [0.3, 0.4) is 0 Å². The van der Waals surface area contributed by atoms with Crippen LogP contribution in [0, 0.1) is 0 Å². The largest absolute Gasteiger partial charge is 0.497 e. The number of hydrogen-bond donors (Lipinski definition) is 0. The highest BCUT2D eigenvalue weighted by Gasteiger charge is 2.28. The van der Waals surface area contributed by atoms with Crippen molar-refractivity contribution in [3.63, 3.8) is 0 Å². The third-order valence-electron chi connectivity index (χ3n) is 3.04. The number of Topliss-reactive ketones (excluding diaryl/α,β-unsaturated/α-hetero) is 1. The summed E-state index contributed by atoms with van der Waals surface area (Å²) in [5, 5.41) is 4.01. The minimum Gasteiger partial charge on any atom is -0.497 e. The summed E-state index contributed by atoms with van der Waals surface area (Å²) in [4.78, 5) is 12.1. The number of ether oxygens (including phenoxy) is 2. The molecule has 0 radical (unpaired) electrons. The van der Waals surface area contributed by atoms with Gasteiger partial charge in [0.1, 0.15) is 17.6 Å². The summed E-state index contributed by atoms with van der Waals surface area (Å²) in [6.45, 7) is 0. The van der Waals surface area contributed by atoms with E-state index in [1.807, 2.05) is 16.8 Å². The Labute approximate surface area is 109 Å². The molecule has 0 saturated carbocycles. The maximum atomic E-state index is 12.1. The molecule has 0 amide bonds. The number of rotatable bonds is 2. The van der Waals surface area contributed by atoms with Gasteiger partial charge in [0, 0.05) is 11.6 Å². The smallest absolute Gasteiger partial charge is 0.170 e. The molecule has 1 atom stereocenters. The van der Waals surface area contributed by atoms with E-state index in [1.165, 1.54) is 0 Å². The summed E-state index contributed by atoms with van der Waals surface area (Å²) in [7, 11) is 1.60. The molecular formula is C14H12O3S. The predicted molar refractivity (Wildman–Crippen MR) is 69.6 cm³/mol. The van der Waals surface area contributed by atoms with Gasteiger partial charge in [0.05, 0.1) is 19.1 Å². The van der Waals surface area contributed by atoms with Gasteiger partial charge in [-0.1, -0.05) is 0 Å². The Morgan fingerprint density at radius 1 is 1.39 bits per heavy atom. The molecule has 0 N–H and O–H groups in total. The molecule has 1 aromatic heterocycles. The number of hydrogen-bond acceptors (Lipinski definition) is 4. The SMILES string of the molecule is COc1ccc2c(c1)OC(c1ccsc1)CC2=O. The van der Waals surface area contributed by atoms with E-state index in [-0.39, 0.29) is 11.9 Å². The molecule has 1 aliphatic rings. The van der Waals surface area contributed by atoms with Crippen molar-refractivity contribution >= 4 is 17.1 Å². The summed E-state index contributed by atoms with van der Waals surface area (Å²) >= 11 is 1.61. The van der Waals surface area contributed by atoms with E-state index in [4.69, 9.17) is 9.47 Å². The van der Waals surface area contributed by atoms with Crippen molar-refractivity contribution in [1.82, 2.24) is 0 Å². The molecule has 4 heteroatoms. The first-order chi connectivity index (χ1) is 8.78. The Bertz CT molecular complexity index is 575. The Morgan fingerprint density at radius 3 is 3.00 bits per heavy atom. The first-order valence-electron chi connectivity index (χ1n) is 5.68. The summed E-state index contributed by atoms with van der Waals surface area (Å²) < 4.78 is 11.0. The lowest BCUT2D eigenvalue weighted by Crippen LogP contribution is -2.19. The Kier molecular flexibility index (Phi) is 2.80. The molecular weight excluding hydrogens is 248 g/mol. The third kappa shape index (κ3) is 1.88. The highest BCUT2D eigenvalue weighted by atomic mass is 32.1. The van der Waals surface area contributed by atoms with Crippen LogP contribution in [0.15, 0.2) is 35.0 Å². The van der Waals surface area contributed by atoms with Crippen LogP contribution >= 0.6 is 11.3 Å². The second-order valence-electron chi connectivity index (χ2n) is 4.15. The molecule has 2 aromatic rings. The van der Waals surface area contributed by atoms with Crippen molar-refractivity contribution in [2.45, 2.75) is 12.5 Å².